The first kappa shape index (κ1) is 16.3. The van der Waals surface area contributed by atoms with Gasteiger partial charge in [-0.25, -0.2) is 0 Å². The molecular formula is C17H24N2O3. The third-order valence-electron chi connectivity index (χ3n) is 3.79. The summed E-state index contributed by atoms with van der Waals surface area (Å²) >= 11 is 0. The van der Waals surface area contributed by atoms with E-state index in [1.807, 2.05) is 25.1 Å². The molecule has 1 saturated heterocycles. The molecule has 1 fully saturated rings. The molecule has 2 amide bonds. The maximum atomic E-state index is 12.2. The molecule has 2 unspecified atom stereocenters. The predicted molar refractivity (Wildman–Crippen MR) is 84.9 cm³/mol. The second kappa shape index (κ2) is 6.81. The van der Waals surface area contributed by atoms with E-state index in [1.165, 1.54) is 0 Å². The lowest BCUT2D eigenvalue weighted by molar-refractivity contribution is -0.127. The van der Waals surface area contributed by atoms with Gasteiger partial charge in [0, 0.05) is 13.0 Å². The zero-order chi connectivity index (χ0) is 16.3. The highest BCUT2D eigenvalue weighted by molar-refractivity contribution is 5.84. The van der Waals surface area contributed by atoms with Crippen molar-refractivity contribution in [3.05, 3.63) is 29.3 Å². The highest BCUT2D eigenvalue weighted by Gasteiger charge is 2.26. The fraction of sp³-hybridized carbons (Fsp3) is 0.529. The summed E-state index contributed by atoms with van der Waals surface area (Å²) in [4.78, 5) is 23.4. The maximum Gasteiger partial charge on any atom is 0.261 e. The summed E-state index contributed by atoms with van der Waals surface area (Å²) in [5.74, 6) is 0.846. The summed E-state index contributed by atoms with van der Waals surface area (Å²) in [5.41, 5.74) is 2.18. The van der Waals surface area contributed by atoms with Gasteiger partial charge in [-0.15, -0.1) is 0 Å². The van der Waals surface area contributed by atoms with Gasteiger partial charge in [0.1, 0.15) is 5.75 Å². The number of aryl methyl sites for hydroxylation is 1. The molecular weight excluding hydrogens is 280 g/mol. The molecule has 0 saturated carbocycles. The molecule has 0 spiro atoms. The first-order chi connectivity index (χ1) is 10.4. The number of hydrogen-bond acceptors (Lipinski definition) is 3. The third kappa shape index (κ3) is 4.00. The molecule has 0 radical (unpaired) electrons. The van der Waals surface area contributed by atoms with Gasteiger partial charge in [-0.3, -0.25) is 9.59 Å². The Labute approximate surface area is 131 Å². The van der Waals surface area contributed by atoms with E-state index in [2.05, 4.69) is 24.5 Å². The van der Waals surface area contributed by atoms with Crippen molar-refractivity contribution in [2.24, 2.45) is 0 Å². The van der Waals surface area contributed by atoms with Crippen LogP contribution in [-0.4, -0.2) is 30.5 Å². The third-order valence-corrected chi connectivity index (χ3v) is 3.79. The van der Waals surface area contributed by atoms with Gasteiger partial charge in [0.25, 0.3) is 5.91 Å². The normalized spacial score (nSPS) is 19.0. The number of hydrogen-bond donors (Lipinski definition) is 2. The Balaban J connectivity index is 2.01. The zero-order valence-electron chi connectivity index (χ0n) is 13.6. The second-order valence-corrected chi connectivity index (χ2v) is 6.17. The Morgan fingerprint density at radius 1 is 1.36 bits per heavy atom. The Bertz CT molecular complexity index is 569. The van der Waals surface area contributed by atoms with Crippen molar-refractivity contribution >= 4 is 11.8 Å². The lowest BCUT2D eigenvalue weighted by atomic mass is 10.0. The van der Waals surface area contributed by atoms with Gasteiger partial charge in [-0.1, -0.05) is 26.0 Å². The smallest absolute Gasteiger partial charge is 0.261 e. The van der Waals surface area contributed by atoms with Gasteiger partial charge < -0.3 is 15.4 Å². The fourth-order valence-electron chi connectivity index (χ4n) is 2.49. The largest absolute Gasteiger partial charge is 0.481 e. The van der Waals surface area contributed by atoms with Crippen LogP contribution >= 0.6 is 0 Å². The first-order valence-electron chi connectivity index (χ1n) is 7.71. The molecule has 1 aliphatic heterocycles. The number of rotatable bonds is 5. The maximum absolute atomic E-state index is 12.2. The molecule has 5 nitrogen and oxygen atoms in total. The van der Waals surface area contributed by atoms with E-state index in [1.54, 1.807) is 6.92 Å². The van der Waals surface area contributed by atoms with Crippen LogP contribution in [0.2, 0.25) is 0 Å². The minimum absolute atomic E-state index is 0.0281. The van der Waals surface area contributed by atoms with Crippen molar-refractivity contribution in [3.63, 3.8) is 0 Å². The van der Waals surface area contributed by atoms with E-state index in [4.69, 9.17) is 4.74 Å². The molecule has 22 heavy (non-hydrogen) atoms. The summed E-state index contributed by atoms with van der Waals surface area (Å²) in [7, 11) is 0. The van der Waals surface area contributed by atoms with E-state index in [0.29, 0.717) is 18.9 Å². The van der Waals surface area contributed by atoms with Gasteiger partial charge in [0.05, 0.1) is 6.04 Å². The van der Waals surface area contributed by atoms with Gasteiger partial charge in [-0.05, 0) is 37.0 Å². The van der Waals surface area contributed by atoms with Crippen LogP contribution in [0.15, 0.2) is 18.2 Å². The standard InChI is InChI=1S/C17H24N2O3/c1-10(2)14-6-5-11(3)7-15(14)22-12(4)17(21)19-13-8-16(20)18-9-13/h5-7,10,12-13H,8-9H2,1-4H3,(H,18,20)(H,19,21). The molecule has 1 aliphatic rings. The number of ether oxygens (including phenoxy) is 1. The molecule has 2 rings (SSSR count). The average molecular weight is 304 g/mol. The fourth-order valence-corrected chi connectivity index (χ4v) is 2.49. The van der Waals surface area contributed by atoms with E-state index in [-0.39, 0.29) is 17.9 Å². The minimum Gasteiger partial charge on any atom is -0.481 e. The number of benzene rings is 1. The summed E-state index contributed by atoms with van der Waals surface area (Å²) in [5, 5.41) is 5.55. The van der Waals surface area contributed by atoms with Gasteiger partial charge in [-0.2, -0.15) is 0 Å². The summed E-state index contributed by atoms with van der Waals surface area (Å²) in [6.07, 6.45) is -0.268. The monoisotopic (exact) mass is 304 g/mol. The molecule has 0 aromatic heterocycles. The highest BCUT2D eigenvalue weighted by atomic mass is 16.5. The SMILES string of the molecule is Cc1ccc(C(C)C)c(OC(C)C(=O)NC2CNC(=O)C2)c1. The summed E-state index contributed by atoms with van der Waals surface area (Å²) in [6.45, 7) is 8.40. The van der Waals surface area contributed by atoms with Crippen molar-refractivity contribution in [1.82, 2.24) is 10.6 Å². The van der Waals surface area contributed by atoms with Crippen LogP contribution in [0, 0.1) is 6.92 Å². The Kier molecular flexibility index (Phi) is 5.06. The first-order valence-corrected chi connectivity index (χ1v) is 7.71. The van der Waals surface area contributed by atoms with Gasteiger partial charge >= 0.3 is 0 Å². The lowest BCUT2D eigenvalue weighted by Crippen LogP contribution is -2.43. The molecule has 1 aromatic carbocycles. The van der Waals surface area contributed by atoms with Gasteiger partial charge in [0.2, 0.25) is 5.91 Å². The van der Waals surface area contributed by atoms with E-state index in [0.717, 1.165) is 16.9 Å². The van der Waals surface area contributed by atoms with Crippen molar-refractivity contribution in [2.75, 3.05) is 6.54 Å². The molecule has 0 aliphatic carbocycles. The average Bonchev–Trinajstić information content (AvgIpc) is 2.83. The van der Waals surface area contributed by atoms with E-state index < -0.39 is 6.10 Å². The van der Waals surface area contributed by atoms with Crippen molar-refractivity contribution in [2.45, 2.75) is 52.2 Å². The number of amides is 2. The Hall–Kier alpha value is -2.04. The molecule has 5 heteroatoms. The second-order valence-electron chi connectivity index (χ2n) is 6.17. The van der Waals surface area contributed by atoms with Crippen LogP contribution in [-0.2, 0) is 9.59 Å². The number of carbonyl (C=O) groups is 2. The summed E-state index contributed by atoms with van der Waals surface area (Å²) < 4.78 is 5.87. The molecule has 2 atom stereocenters. The highest BCUT2D eigenvalue weighted by Crippen LogP contribution is 2.28. The Morgan fingerprint density at radius 2 is 2.09 bits per heavy atom. The van der Waals surface area contributed by atoms with Crippen molar-refractivity contribution in [1.29, 1.82) is 0 Å². The van der Waals surface area contributed by atoms with Crippen LogP contribution in [0.5, 0.6) is 5.75 Å². The van der Waals surface area contributed by atoms with Crippen LogP contribution in [0.4, 0.5) is 0 Å². The number of carbonyl (C=O) groups excluding carboxylic acids is 2. The topological polar surface area (TPSA) is 67.4 Å². The van der Waals surface area contributed by atoms with Crippen LogP contribution in [0.25, 0.3) is 0 Å². The van der Waals surface area contributed by atoms with Crippen LogP contribution in [0.3, 0.4) is 0 Å². The van der Waals surface area contributed by atoms with Crippen molar-refractivity contribution in [3.8, 4) is 5.75 Å². The predicted octanol–water partition coefficient (Wildman–Crippen LogP) is 1.89. The lowest BCUT2D eigenvalue weighted by Gasteiger charge is -2.20. The van der Waals surface area contributed by atoms with Gasteiger partial charge in [0.15, 0.2) is 6.10 Å². The molecule has 1 heterocycles. The molecule has 2 N–H and O–H groups in total. The zero-order valence-corrected chi connectivity index (χ0v) is 13.6. The Morgan fingerprint density at radius 3 is 2.68 bits per heavy atom. The van der Waals surface area contributed by atoms with E-state index in [9.17, 15) is 9.59 Å². The quantitative estimate of drug-likeness (QED) is 0.873. The van der Waals surface area contributed by atoms with Crippen LogP contribution in [0.1, 0.15) is 44.2 Å². The van der Waals surface area contributed by atoms with E-state index >= 15 is 0 Å². The summed E-state index contributed by atoms with van der Waals surface area (Å²) in [6, 6.07) is 5.90. The number of nitrogens with one attached hydrogen (secondary N) is 2. The minimum atomic E-state index is -0.602. The molecule has 120 valence electrons. The van der Waals surface area contributed by atoms with Crippen LogP contribution < -0.4 is 15.4 Å². The molecule has 0 bridgehead atoms. The molecule has 1 aromatic rings. The van der Waals surface area contributed by atoms with Crippen molar-refractivity contribution < 1.29 is 14.3 Å².